The lowest BCUT2D eigenvalue weighted by atomic mass is 10.1. The Kier molecular flexibility index (Phi) is 5.40. The zero-order valence-corrected chi connectivity index (χ0v) is 13.3. The van der Waals surface area contributed by atoms with Crippen LogP contribution in [-0.4, -0.2) is 7.11 Å². The van der Waals surface area contributed by atoms with Crippen molar-refractivity contribution in [2.75, 3.05) is 12.4 Å². The smallest absolute Gasteiger partial charge is 0.125 e. The second-order valence-electron chi connectivity index (χ2n) is 4.35. The van der Waals surface area contributed by atoms with Gasteiger partial charge in [0.1, 0.15) is 5.82 Å². The third-order valence-electron chi connectivity index (χ3n) is 2.78. The molecule has 0 aromatic heterocycles. The molecule has 0 saturated carbocycles. The Labute approximate surface area is 131 Å². The lowest BCUT2D eigenvalue weighted by Gasteiger charge is -2.11. The molecule has 0 spiro atoms. The molecule has 20 heavy (non-hydrogen) atoms. The van der Waals surface area contributed by atoms with Crippen LogP contribution < -0.4 is 5.32 Å². The molecule has 0 radical (unpaired) electrons. The fourth-order valence-corrected chi connectivity index (χ4v) is 2.86. The highest BCUT2D eigenvalue weighted by molar-refractivity contribution is 9.10. The average molecular weight is 359 g/mol. The standard InChI is InChI=1S/C15H14BrClFNO/c1-20-9-11-4-2-3-10(5-11)8-19-15-13(16)6-12(18)7-14(15)17/h2-7,19H,8-9H2,1H3. The van der Waals surface area contributed by atoms with Gasteiger partial charge < -0.3 is 10.1 Å². The van der Waals surface area contributed by atoms with Gasteiger partial charge in [-0.3, -0.25) is 0 Å². The van der Waals surface area contributed by atoms with Gasteiger partial charge in [0.05, 0.1) is 17.3 Å². The summed E-state index contributed by atoms with van der Waals surface area (Å²) in [4.78, 5) is 0. The van der Waals surface area contributed by atoms with Crippen LogP contribution >= 0.6 is 27.5 Å². The Balaban J connectivity index is 2.11. The molecule has 0 heterocycles. The summed E-state index contributed by atoms with van der Waals surface area (Å²) in [6.07, 6.45) is 0. The summed E-state index contributed by atoms with van der Waals surface area (Å²) in [6, 6.07) is 10.7. The Bertz CT molecular complexity index is 583. The molecule has 0 amide bonds. The van der Waals surface area contributed by atoms with E-state index >= 15 is 0 Å². The third-order valence-corrected chi connectivity index (χ3v) is 3.70. The highest BCUT2D eigenvalue weighted by Crippen LogP contribution is 2.32. The maximum atomic E-state index is 13.2. The molecule has 2 aromatic rings. The van der Waals surface area contributed by atoms with Crippen LogP contribution in [0.15, 0.2) is 40.9 Å². The minimum atomic E-state index is -0.366. The van der Waals surface area contributed by atoms with Gasteiger partial charge in [-0.2, -0.15) is 0 Å². The van der Waals surface area contributed by atoms with Crippen molar-refractivity contribution in [2.45, 2.75) is 13.2 Å². The number of halogens is 3. The highest BCUT2D eigenvalue weighted by Gasteiger charge is 2.07. The number of nitrogens with one attached hydrogen (secondary N) is 1. The largest absolute Gasteiger partial charge is 0.380 e. The fraction of sp³-hybridized carbons (Fsp3) is 0.200. The van der Waals surface area contributed by atoms with E-state index in [1.54, 1.807) is 7.11 Å². The van der Waals surface area contributed by atoms with Crippen LogP contribution in [0.1, 0.15) is 11.1 Å². The molecule has 0 unspecified atom stereocenters. The molecule has 1 N–H and O–H groups in total. The van der Waals surface area contributed by atoms with Gasteiger partial charge in [0.2, 0.25) is 0 Å². The van der Waals surface area contributed by atoms with Gasteiger partial charge >= 0.3 is 0 Å². The van der Waals surface area contributed by atoms with Crippen molar-refractivity contribution in [3.05, 3.63) is 62.8 Å². The molecule has 0 atom stereocenters. The van der Waals surface area contributed by atoms with Gasteiger partial charge in [0, 0.05) is 18.1 Å². The first-order chi connectivity index (χ1) is 9.60. The van der Waals surface area contributed by atoms with E-state index in [0.717, 1.165) is 11.1 Å². The monoisotopic (exact) mass is 357 g/mol. The lowest BCUT2D eigenvalue weighted by molar-refractivity contribution is 0.185. The number of ether oxygens (including phenoxy) is 1. The molecule has 0 fully saturated rings. The van der Waals surface area contributed by atoms with Crippen LogP contribution in [0.5, 0.6) is 0 Å². The lowest BCUT2D eigenvalue weighted by Crippen LogP contribution is -2.02. The van der Waals surface area contributed by atoms with Crippen LogP contribution in [0, 0.1) is 5.82 Å². The summed E-state index contributed by atoms with van der Waals surface area (Å²) >= 11 is 9.33. The quantitative estimate of drug-likeness (QED) is 0.812. The molecule has 2 rings (SSSR count). The first kappa shape index (κ1) is 15.3. The number of benzene rings is 2. The van der Waals surface area contributed by atoms with E-state index in [1.807, 2.05) is 18.2 Å². The number of rotatable bonds is 5. The van der Waals surface area contributed by atoms with Gasteiger partial charge in [-0.1, -0.05) is 35.9 Å². The van der Waals surface area contributed by atoms with Crippen molar-refractivity contribution in [2.24, 2.45) is 0 Å². The van der Waals surface area contributed by atoms with Crippen LogP contribution in [0.4, 0.5) is 10.1 Å². The van der Waals surface area contributed by atoms with Gasteiger partial charge in [-0.05, 0) is 39.2 Å². The molecule has 0 aliphatic rings. The topological polar surface area (TPSA) is 21.3 Å². The molecule has 0 bridgehead atoms. The van der Waals surface area contributed by atoms with E-state index in [4.69, 9.17) is 16.3 Å². The van der Waals surface area contributed by atoms with Crippen LogP contribution in [0.3, 0.4) is 0 Å². The molecule has 2 aromatic carbocycles. The predicted octanol–water partition coefficient (Wildman–Crippen LogP) is 5.00. The van der Waals surface area contributed by atoms with Gasteiger partial charge in [0.25, 0.3) is 0 Å². The number of hydrogen-bond acceptors (Lipinski definition) is 2. The van der Waals surface area contributed by atoms with Crippen LogP contribution in [0.25, 0.3) is 0 Å². The molecule has 5 heteroatoms. The van der Waals surface area contributed by atoms with Crippen LogP contribution in [0.2, 0.25) is 5.02 Å². The van der Waals surface area contributed by atoms with E-state index in [9.17, 15) is 4.39 Å². The summed E-state index contributed by atoms with van der Waals surface area (Å²) < 4.78 is 18.9. The van der Waals surface area contributed by atoms with E-state index in [0.29, 0.717) is 28.3 Å². The molecule has 0 saturated heterocycles. The van der Waals surface area contributed by atoms with Crippen molar-refractivity contribution in [1.82, 2.24) is 0 Å². The maximum Gasteiger partial charge on any atom is 0.125 e. The van der Waals surface area contributed by atoms with Crippen molar-refractivity contribution in [1.29, 1.82) is 0 Å². The zero-order chi connectivity index (χ0) is 14.5. The molecule has 2 nitrogen and oxygen atoms in total. The average Bonchev–Trinajstić information content (AvgIpc) is 2.38. The van der Waals surface area contributed by atoms with Gasteiger partial charge in [0.15, 0.2) is 0 Å². The minimum absolute atomic E-state index is 0.352. The highest BCUT2D eigenvalue weighted by atomic mass is 79.9. The molecule has 0 aliphatic carbocycles. The molecule has 106 valence electrons. The normalized spacial score (nSPS) is 10.6. The van der Waals surface area contributed by atoms with Gasteiger partial charge in [-0.25, -0.2) is 4.39 Å². The summed E-state index contributed by atoms with van der Waals surface area (Å²) in [6.45, 7) is 1.18. The Hall–Kier alpha value is -1.10. The molecular formula is C15H14BrClFNO. The minimum Gasteiger partial charge on any atom is -0.380 e. The van der Waals surface area contributed by atoms with E-state index in [1.165, 1.54) is 12.1 Å². The Morgan fingerprint density at radius 1 is 1.25 bits per heavy atom. The van der Waals surface area contributed by atoms with Crippen molar-refractivity contribution < 1.29 is 9.13 Å². The van der Waals surface area contributed by atoms with Crippen molar-refractivity contribution in [3.63, 3.8) is 0 Å². The number of anilines is 1. The summed E-state index contributed by atoms with van der Waals surface area (Å²) in [5.41, 5.74) is 2.90. The van der Waals surface area contributed by atoms with Gasteiger partial charge in [-0.15, -0.1) is 0 Å². The summed E-state index contributed by atoms with van der Waals surface area (Å²) in [5, 5.41) is 3.56. The second kappa shape index (κ2) is 7.07. The zero-order valence-electron chi connectivity index (χ0n) is 10.9. The van der Waals surface area contributed by atoms with Crippen LogP contribution in [-0.2, 0) is 17.9 Å². The van der Waals surface area contributed by atoms with E-state index in [2.05, 4.69) is 27.3 Å². The summed E-state index contributed by atoms with van der Waals surface area (Å²) in [5.74, 6) is -0.366. The Morgan fingerprint density at radius 2 is 2.00 bits per heavy atom. The maximum absolute atomic E-state index is 13.2. The first-order valence-electron chi connectivity index (χ1n) is 6.05. The Morgan fingerprint density at radius 3 is 2.70 bits per heavy atom. The predicted molar refractivity (Wildman–Crippen MR) is 83.6 cm³/mol. The fourth-order valence-electron chi connectivity index (χ4n) is 1.90. The van der Waals surface area contributed by atoms with Crippen molar-refractivity contribution in [3.8, 4) is 0 Å². The molecule has 0 aliphatic heterocycles. The molecular weight excluding hydrogens is 345 g/mol. The number of methoxy groups -OCH3 is 1. The van der Waals surface area contributed by atoms with E-state index < -0.39 is 0 Å². The van der Waals surface area contributed by atoms with E-state index in [-0.39, 0.29) is 5.82 Å². The second-order valence-corrected chi connectivity index (χ2v) is 5.61. The SMILES string of the molecule is COCc1cccc(CNc2c(Cl)cc(F)cc2Br)c1. The van der Waals surface area contributed by atoms with Crippen molar-refractivity contribution >= 4 is 33.2 Å². The third kappa shape index (κ3) is 3.95. The first-order valence-corrected chi connectivity index (χ1v) is 7.22. The summed E-state index contributed by atoms with van der Waals surface area (Å²) in [7, 11) is 1.67. The number of hydrogen-bond donors (Lipinski definition) is 1.